The van der Waals surface area contributed by atoms with E-state index >= 15 is 0 Å². The summed E-state index contributed by atoms with van der Waals surface area (Å²) in [5.41, 5.74) is 5.30. The highest BCUT2D eigenvalue weighted by atomic mass is 35.5. The van der Waals surface area contributed by atoms with Gasteiger partial charge >= 0.3 is 0 Å². The molecule has 1 nitrogen and oxygen atoms in total. The van der Waals surface area contributed by atoms with Crippen molar-refractivity contribution >= 4 is 12.4 Å². The second-order valence-corrected chi connectivity index (χ2v) is 2.16. The number of alkyl halides is 1. The van der Waals surface area contributed by atoms with E-state index in [1.165, 1.54) is 0 Å². The molecule has 1 rings (SSSR count). The lowest BCUT2D eigenvalue weighted by molar-refractivity contribution is 0.403. The third-order valence-electron chi connectivity index (χ3n) is 1.41. The molecule has 1 fully saturated rings. The molecule has 0 bridgehead atoms. The summed E-state index contributed by atoms with van der Waals surface area (Å²) in [4.78, 5) is 0. The first-order chi connectivity index (χ1) is 3.34. The summed E-state index contributed by atoms with van der Waals surface area (Å²) in [6.45, 7) is -0.343. The van der Waals surface area contributed by atoms with Gasteiger partial charge in [0.2, 0.25) is 0 Å². The smallest absolute Gasteiger partial charge is 0.105 e. The van der Waals surface area contributed by atoms with Crippen LogP contribution in [-0.2, 0) is 0 Å². The van der Waals surface area contributed by atoms with Crippen molar-refractivity contribution in [1.29, 1.82) is 0 Å². The number of hydrogen-bond acceptors (Lipinski definition) is 1. The van der Waals surface area contributed by atoms with Crippen LogP contribution in [0.4, 0.5) is 4.39 Å². The Morgan fingerprint density at radius 1 is 1.62 bits per heavy atom. The monoisotopic (exact) mass is 139 g/mol. The van der Waals surface area contributed by atoms with Gasteiger partial charge in [-0.3, -0.25) is 0 Å². The maximum atomic E-state index is 11.6. The Morgan fingerprint density at radius 2 is 2.12 bits per heavy atom. The van der Waals surface area contributed by atoms with Crippen LogP contribution in [0.2, 0.25) is 0 Å². The largest absolute Gasteiger partial charge is 0.325 e. The van der Waals surface area contributed by atoms with Crippen LogP contribution in [0.5, 0.6) is 0 Å². The lowest BCUT2D eigenvalue weighted by atomic mass is 10.2. The summed E-state index contributed by atoms with van der Waals surface area (Å²) in [6, 6.07) is -0.153. The van der Waals surface area contributed by atoms with E-state index in [9.17, 15) is 4.39 Å². The van der Waals surface area contributed by atoms with Gasteiger partial charge in [0.15, 0.2) is 0 Å². The first-order valence-corrected chi connectivity index (χ1v) is 2.66. The lowest BCUT2D eigenvalue weighted by Crippen LogP contribution is -2.24. The Labute approximate surface area is 54.9 Å². The molecule has 1 atom stereocenters. The molecule has 8 heavy (non-hydrogen) atoms. The molecule has 0 heterocycles. The molecule has 0 saturated heterocycles. The van der Waals surface area contributed by atoms with E-state index in [1.807, 2.05) is 0 Å². The van der Waals surface area contributed by atoms with Crippen LogP contribution in [0.1, 0.15) is 12.8 Å². The van der Waals surface area contributed by atoms with Crippen LogP contribution in [0.25, 0.3) is 0 Å². The van der Waals surface area contributed by atoms with Gasteiger partial charge in [-0.05, 0) is 18.8 Å². The molecule has 0 aromatic heterocycles. The molecule has 1 unspecified atom stereocenters. The summed E-state index contributed by atoms with van der Waals surface area (Å²) < 4.78 is 11.6. The highest BCUT2D eigenvalue weighted by Gasteiger charge is 2.27. The average Bonchev–Trinajstić information content (AvgIpc) is 2.44. The zero-order valence-corrected chi connectivity index (χ0v) is 5.46. The van der Waals surface area contributed by atoms with E-state index in [1.54, 1.807) is 0 Å². The highest BCUT2D eigenvalue weighted by Crippen LogP contribution is 2.31. The molecule has 0 aromatic rings. The molecule has 1 saturated carbocycles. The first kappa shape index (κ1) is 8.18. The molecular weight excluding hydrogens is 129 g/mol. The molecule has 1 aliphatic carbocycles. The van der Waals surface area contributed by atoms with Crippen molar-refractivity contribution in [3.8, 4) is 0 Å². The Morgan fingerprint density at radius 3 is 2.25 bits per heavy atom. The third-order valence-corrected chi connectivity index (χ3v) is 1.41. The van der Waals surface area contributed by atoms with Gasteiger partial charge in [0.1, 0.15) is 6.67 Å². The fourth-order valence-corrected chi connectivity index (χ4v) is 0.650. The second kappa shape index (κ2) is 3.25. The van der Waals surface area contributed by atoms with Gasteiger partial charge < -0.3 is 5.73 Å². The van der Waals surface area contributed by atoms with Gasteiger partial charge in [0.25, 0.3) is 0 Å². The van der Waals surface area contributed by atoms with Crippen LogP contribution in [-0.4, -0.2) is 12.7 Å². The fourth-order valence-electron chi connectivity index (χ4n) is 0.650. The maximum Gasteiger partial charge on any atom is 0.105 e. The molecule has 50 valence electrons. The first-order valence-electron chi connectivity index (χ1n) is 2.66. The second-order valence-electron chi connectivity index (χ2n) is 2.16. The third kappa shape index (κ3) is 1.97. The highest BCUT2D eigenvalue weighted by molar-refractivity contribution is 5.85. The zero-order chi connectivity index (χ0) is 5.28. The maximum absolute atomic E-state index is 11.6. The van der Waals surface area contributed by atoms with E-state index in [-0.39, 0.29) is 25.1 Å². The van der Waals surface area contributed by atoms with E-state index < -0.39 is 0 Å². The van der Waals surface area contributed by atoms with E-state index in [0.29, 0.717) is 5.92 Å². The molecule has 0 aromatic carbocycles. The Balaban J connectivity index is 0.000000490. The normalized spacial score (nSPS) is 21.8. The van der Waals surface area contributed by atoms with Crippen LogP contribution in [0.3, 0.4) is 0 Å². The van der Waals surface area contributed by atoms with E-state index in [0.717, 1.165) is 12.8 Å². The fraction of sp³-hybridized carbons (Fsp3) is 1.00. The summed E-state index contributed by atoms with van der Waals surface area (Å²) in [6.07, 6.45) is 2.29. The predicted octanol–water partition coefficient (Wildman–Crippen LogP) is 1.11. The topological polar surface area (TPSA) is 26.0 Å². The molecule has 0 amide bonds. The minimum absolute atomic E-state index is 0. The zero-order valence-electron chi connectivity index (χ0n) is 4.64. The van der Waals surface area contributed by atoms with Gasteiger partial charge in [0, 0.05) is 6.04 Å². The number of rotatable bonds is 2. The van der Waals surface area contributed by atoms with Crippen LogP contribution >= 0.6 is 12.4 Å². The number of hydrogen-bond donors (Lipinski definition) is 1. The molecule has 1 aliphatic rings. The standard InChI is InChI=1S/C5H10FN.ClH/c6-3-5(7)4-1-2-4;/h4-5H,1-3,7H2;1H. The summed E-state index contributed by atoms with van der Waals surface area (Å²) in [5, 5.41) is 0. The molecule has 3 heteroatoms. The van der Waals surface area contributed by atoms with Crippen molar-refractivity contribution < 1.29 is 4.39 Å². The van der Waals surface area contributed by atoms with Gasteiger partial charge in [-0.1, -0.05) is 0 Å². The minimum Gasteiger partial charge on any atom is -0.325 e. The Hall–Kier alpha value is 0.180. The van der Waals surface area contributed by atoms with Crippen molar-refractivity contribution in [2.24, 2.45) is 11.7 Å². The van der Waals surface area contributed by atoms with Gasteiger partial charge in [-0.2, -0.15) is 0 Å². The van der Waals surface area contributed by atoms with Crippen LogP contribution < -0.4 is 5.73 Å². The van der Waals surface area contributed by atoms with Gasteiger partial charge in [-0.15, -0.1) is 12.4 Å². The van der Waals surface area contributed by atoms with Gasteiger partial charge in [-0.25, -0.2) is 4.39 Å². The van der Waals surface area contributed by atoms with Crippen molar-refractivity contribution in [3.05, 3.63) is 0 Å². The molecule has 0 aliphatic heterocycles. The molecule has 0 radical (unpaired) electrons. The van der Waals surface area contributed by atoms with Crippen LogP contribution in [0.15, 0.2) is 0 Å². The van der Waals surface area contributed by atoms with Crippen molar-refractivity contribution in [3.63, 3.8) is 0 Å². The average molecular weight is 140 g/mol. The lowest BCUT2D eigenvalue weighted by Gasteiger charge is -1.99. The molecular formula is C5H11ClFN. The quantitative estimate of drug-likeness (QED) is 0.610. The molecule has 0 spiro atoms. The Kier molecular flexibility index (Phi) is 3.33. The molecule has 2 N–H and O–H groups in total. The van der Waals surface area contributed by atoms with Gasteiger partial charge in [0.05, 0.1) is 0 Å². The SMILES string of the molecule is Cl.NC(CF)C1CC1. The van der Waals surface area contributed by atoms with Crippen molar-refractivity contribution in [2.45, 2.75) is 18.9 Å². The summed E-state index contributed by atoms with van der Waals surface area (Å²) >= 11 is 0. The van der Waals surface area contributed by atoms with Crippen molar-refractivity contribution in [2.75, 3.05) is 6.67 Å². The van der Waals surface area contributed by atoms with E-state index in [2.05, 4.69) is 0 Å². The van der Waals surface area contributed by atoms with E-state index in [4.69, 9.17) is 5.73 Å². The summed E-state index contributed by atoms with van der Waals surface area (Å²) in [7, 11) is 0. The number of nitrogens with two attached hydrogens (primary N) is 1. The Bertz CT molecular complexity index is 65.4. The minimum atomic E-state index is -0.343. The number of halogens is 2. The van der Waals surface area contributed by atoms with Crippen molar-refractivity contribution in [1.82, 2.24) is 0 Å². The van der Waals surface area contributed by atoms with Crippen LogP contribution in [0, 0.1) is 5.92 Å². The summed E-state index contributed by atoms with van der Waals surface area (Å²) in [5.74, 6) is 0.519. The predicted molar refractivity (Wildman–Crippen MR) is 33.9 cm³/mol.